The van der Waals surface area contributed by atoms with Gasteiger partial charge in [-0.15, -0.1) is 24.0 Å². The van der Waals surface area contributed by atoms with Crippen molar-refractivity contribution in [3.63, 3.8) is 0 Å². The number of alkyl halides is 1. The van der Waals surface area contributed by atoms with Gasteiger partial charge in [0.2, 0.25) is 0 Å². The van der Waals surface area contributed by atoms with Gasteiger partial charge in [0.15, 0.2) is 0 Å². The molecule has 0 aliphatic rings. The lowest BCUT2D eigenvalue weighted by Crippen LogP contribution is -2.16. The molecule has 0 fully saturated rings. The lowest BCUT2D eigenvalue weighted by Gasteiger charge is -1.97. The number of rotatable bonds is 5. The molecule has 0 heterocycles. The molecule has 0 spiro atoms. The van der Waals surface area contributed by atoms with Crippen LogP contribution in [0, 0.1) is 0 Å². The van der Waals surface area contributed by atoms with Crippen LogP contribution in [-0.4, -0.2) is 17.5 Å². The van der Waals surface area contributed by atoms with Crippen molar-refractivity contribution in [3.8, 4) is 0 Å². The van der Waals surface area contributed by atoms with Gasteiger partial charge in [-0.1, -0.05) is 35.9 Å². The molecular formula is C6H15I2N. The van der Waals surface area contributed by atoms with Gasteiger partial charge in [0.1, 0.15) is 0 Å². The molecule has 1 nitrogen and oxygen atoms in total. The summed E-state index contributed by atoms with van der Waals surface area (Å²) in [5, 5.41) is 3.33. The zero-order chi connectivity index (χ0) is 6.24. The molecule has 0 saturated heterocycles. The number of hydrogen-bond acceptors (Lipinski definition) is 1. The van der Waals surface area contributed by atoms with E-state index in [9.17, 15) is 0 Å². The summed E-state index contributed by atoms with van der Waals surface area (Å²) in [6, 6.07) is 0. The van der Waals surface area contributed by atoms with Crippen LogP contribution in [0.25, 0.3) is 0 Å². The molecule has 0 unspecified atom stereocenters. The van der Waals surface area contributed by atoms with Gasteiger partial charge < -0.3 is 5.32 Å². The number of halogens is 2. The van der Waals surface area contributed by atoms with Gasteiger partial charge >= 0.3 is 0 Å². The maximum atomic E-state index is 3.33. The molecule has 58 valence electrons. The molecule has 0 bridgehead atoms. The Labute approximate surface area is 88.5 Å². The highest BCUT2D eigenvalue weighted by Gasteiger charge is 1.81. The summed E-state index contributed by atoms with van der Waals surface area (Å²) in [7, 11) is 0. The third kappa shape index (κ3) is 12.6. The summed E-state index contributed by atoms with van der Waals surface area (Å²) in [5.41, 5.74) is 0. The molecule has 0 aliphatic heterocycles. The normalized spacial score (nSPS) is 8.67. The molecule has 0 atom stereocenters. The highest BCUT2D eigenvalue weighted by Crippen LogP contribution is 1.82. The van der Waals surface area contributed by atoms with E-state index in [1.807, 2.05) is 0 Å². The summed E-state index contributed by atoms with van der Waals surface area (Å²) in [6.45, 7) is 4.58. The average Bonchev–Trinajstić information content (AvgIpc) is 1.81. The van der Waals surface area contributed by atoms with Crippen molar-refractivity contribution >= 4 is 46.6 Å². The Morgan fingerprint density at radius 2 is 2.00 bits per heavy atom. The number of hydrogen-bond donors (Lipinski definition) is 1. The molecule has 0 amide bonds. The van der Waals surface area contributed by atoms with Crippen LogP contribution in [-0.2, 0) is 0 Å². The van der Waals surface area contributed by atoms with Crippen molar-refractivity contribution in [1.82, 2.24) is 5.32 Å². The van der Waals surface area contributed by atoms with Gasteiger partial charge in [0, 0.05) is 11.0 Å². The van der Waals surface area contributed by atoms with Crippen molar-refractivity contribution < 1.29 is 0 Å². The van der Waals surface area contributed by atoms with Crippen molar-refractivity contribution in [2.45, 2.75) is 19.8 Å². The van der Waals surface area contributed by atoms with Crippen LogP contribution in [0.1, 0.15) is 19.8 Å². The second kappa shape index (κ2) is 12.1. The van der Waals surface area contributed by atoms with Gasteiger partial charge in [-0.05, 0) is 13.0 Å². The van der Waals surface area contributed by atoms with Crippen molar-refractivity contribution in [2.24, 2.45) is 0 Å². The van der Waals surface area contributed by atoms with Crippen LogP contribution in [0.2, 0.25) is 0 Å². The fourth-order valence-corrected chi connectivity index (χ4v) is 0.875. The first kappa shape index (κ1) is 13.0. The Hall–Kier alpha value is 1.42. The Balaban J connectivity index is 0. The quantitative estimate of drug-likeness (QED) is 0.454. The van der Waals surface area contributed by atoms with Gasteiger partial charge in [-0.2, -0.15) is 0 Å². The van der Waals surface area contributed by atoms with Crippen LogP contribution in [0.3, 0.4) is 0 Å². The first-order chi connectivity index (χ1) is 3.91. The van der Waals surface area contributed by atoms with Crippen LogP contribution in [0.15, 0.2) is 0 Å². The Morgan fingerprint density at radius 3 is 2.44 bits per heavy atom. The fraction of sp³-hybridized carbons (Fsp3) is 1.00. The highest BCUT2D eigenvalue weighted by molar-refractivity contribution is 14.1. The van der Waals surface area contributed by atoms with Crippen LogP contribution < -0.4 is 5.32 Å². The minimum Gasteiger partial charge on any atom is -0.316 e. The lowest BCUT2D eigenvalue weighted by molar-refractivity contribution is 0.669. The summed E-state index contributed by atoms with van der Waals surface area (Å²) in [5.74, 6) is 0. The summed E-state index contributed by atoms with van der Waals surface area (Å²) in [4.78, 5) is 0. The molecule has 0 aromatic rings. The second-order valence-electron chi connectivity index (χ2n) is 1.79. The van der Waals surface area contributed by atoms with Gasteiger partial charge in [-0.3, -0.25) is 0 Å². The summed E-state index contributed by atoms with van der Waals surface area (Å²) in [6.07, 6.45) is 2.62. The van der Waals surface area contributed by atoms with E-state index in [-0.39, 0.29) is 24.0 Å². The molecule has 0 rings (SSSR count). The number of nitrogens with one attached hydrogen (secondary N) is 1. The fourth-order valence-electron chi connectivity index (χ4n) is 0.494. The van der Waals surface area contributed by atoms with E-state index in [4.69, 9.17) is 0 Å². The van der Waals surface area contributed by atoms with Crippen LogP contribution in [0.4, 0.5) is 0 Å². The smallest absolute Gasteiger partial charge is 0.0121 e. The van der Waals surface area contributed by atoms with Gasteiger partial charge in [0.25, 0.3) is 0 Å². The Kier molecular flexibility index (Phi) is 17.6. The van der Waals surface area contributed by atoms with E-state index in [0.717, 1.165) is 0 Å². The predicted molar refractivity (Wildman–Crippen MR) is 62.1 cm³/mol. The van der Waals surface area contributed by atoms with Gasteiger partial charge in [0.05, 0.1) is 0 Å². The van der Waals surface area contributed by atoms with Crippen LogP contribution in [0.5, 0.6) is 0 Å². The molecule has 3 heteroatoms. The van der Waals surface area contributed by atoms with E-state index in [1.165, 1.54) is 30.4 Å². The average molecular weight is 355 g/mol. The van der Waals surface area contributed by atoms with E-state index in [0.29, 0.717) is 0 Å². The van der Waals surface area contributed by atoms with E-state index in [2.05, 4.69) is 34.8 Å². The zero-order valence-corrected chi connectivity index (χ0v) is 10.3. The van der Waals surface area contributed by atoms with Crippen molar-refractivity contribution in [1.29, 1.82) is 0 Å². The first-order valence-corrected chi connectivity index (χ1v) is 4.71. The predicted octanol–water partition coefficient (Wildman–Crippen LogP) is 2.43. The third-order valence-electron chi connectivity index (χ3n) is 0.978. The Morgan fingerprint density at radius 1 is 1.33 bits per heavy atom. The molecule has 0 aromatic carbocycles. The molecule has 0 saturated carbocycles. The standard InChI is InChI=1S/C6H14IN.HI/c1-2-3-5-8-6-4-7;/h8H,2-6H2,1H3;1H. The molecule has 0 aliphatic carbocycles. The van der Waals surface area contributed by atoms with Gasteiger partial charge in [-0.25, -0.2) is 0 Å². The largest absolute Gasteiger partial charge is 0.316 e. The van der Waals surface area contributed by atoms with Crippen molar-refractivity contribution in [3.05, 3.63) is 0 Å². The van der Waals surface area contributed by atoms with Crippen molar-refractivity contribution in [2.75, 3.05) is 17.5 Å². The van der Waals surface area contributed by atoms with E-state index in [1.54, 1.807) is 0 Å². The lowest BCUT2D eigenvalue weighted by atomic mass is 10.3. The topological polar surface area (TPSA) is 12.0 Å². The van der Waals surface area contributed by atoms with E-state index < -0.39 is 0 Å². The first-order valence-electron chi connectivity index (χ1n) is 3.18. The Bertz CT molecular complexity index is 36.0. The molecule has 0 radical (unpaired) electrons. The number of unbranched alkanes of at least 4 members (excludes halogenated alkanes) is 1. The molecule has 0 aromatic heterocycles. The zero-order valence-electron chi connectivity index (χ0n) is 5.82. The SMILES string of the molecule is CCCCNCCI.I. The molecular weight excluding hydrogens is 340 g/mol. The minimum absolute atomic E-state index is 0. The maximum absolute atomic E-state index is 3.33. The molecule has 9 heavy (non-hydrogen) atoms. The van der Waals surface area contributed by atoms with E-state index >= 15 is 0 Å². The monoisotopic (exact) mass is 355 g/mol. The minimum atomic E-state index is 0. The second-order valence-corrected chi connectivity index (χ2v) is 2.87. The maximum Gasteiger partial charge on any atom is 0.0121 e. The third-order valence-corrected chi connectivity index (χ3v) is 1.52. The summed E-state index contributed by atoms with van der Waals surface area (Å²) < 4.78 is 1.22. The summed E-state index contributed by atoms with van der Waals surface area (Å²) >= 11 is 2.38. The highest BCUT2D eigenvalue weighted by atomic mass is 127. The molecule has 1 N–H and O–H groups in total. The van der Waals surface area contributed by atoms with Crippen LogP contribution >= 0.6 is 46.6 Å².